The zero-order valence-electron chi connectivity index (χ0n) is 18.6. The molecule has 1 unspecified atom stereocenters. The Balaban J connectivity index is 1.42. The van der Waals surface area contributed by atoms with Crippen LogP contribution >= 0.6 is 11.3 Å². The van der Waals surface area contributed by atoms with E-state index in [-0.39, 0.29) is 12.0 Å². The molecule has 32 heavy (non-hydrogen) atoms. The zero-order chi connectivity index (χ0) is 22.2. The normalized spacial score (nSPS) is 17.3. The van der Waals surface area contributed by atoms with E-state index in [1.165, 1.54) is 16.9 Å². The van der Waals surface area contributed by atoms with Gasteiger partial charge in [-0.3, -0.25) is 15.0 Å². The van der Waals surface area contributed by atoms with Crippen molar-refractivity contribution in [3.05, 3.63) is 35.3 Å². The summed E-state index contributed by atoms with van der Waals surface area (Å²) in [5.41, 5.74) is 6.30. The van der Waals surface area contributed by atoms with Gasteiger partial charge in [-0.2, -0.15) is 5.10 Å². The Kier molecular flexibility index (Phi) is 5.69. The van der Waals surface area contributed by atoms with Crippen LogP contribution < -0.4 is 5.32 Å². The lowest BCUT2D eigenvalue weighted by Crippen LogP contribution is -2.18. The fourth-order valence-corrected chi connectivity index (χ4v) is 5.26. The van der Waals surface area contributed by atoms with Crippen molar-refractivity contribution in [1.82, 2.24) is 19.7 Å². The first-order chi connectivity index (χ1) is 15.5. The average molecular weight is 454 g/mol. The molecule has 2 aliphatic rings. The number of rotatable bonds is 5. The van der Waals surface area contributed by atoms with Gasteiger partial charge in [-0.1, -0.05) is 11.3 Å². The molecule has 1 aliphatic heterocycles. The van der Waals surface area contributed by atoms with Crippen LogP contribution in [0.3, 0.4) is 0 Å². The average Bonchev–Trinajstić information content (AvgIpc) is 3.50. The van der Waals surface area contributed by atoms with Crippen LogP contribution in [0, 0.1) is 12.8 Å². The highest BCUT2D eigenvalue weighted by molar-refractivity contribution is 7.19. The van der Waals surface area contributed by atoms with Crippen LogP contribution in [0.2, 0.25) is 0 Å². The smallest absolute Gasteiger partial charge is 0.413 e. The third-order valence-electron chi connectivity index (χ3n) is 5.89. The summed E-state index contributed by atoms with van der Waals surface area (Å²) in [5, 5.41) is 8.34. The van der Waals surface area contributed by atoms with Crippen LogP contribution in [0.5, 0.6) is 0 Å². The van der Waals surface area contributed by atoms with Gasteiger partial charge in [0, 0.05) is 41.6 Å². The molecular weight excluding hydrogens is 426 g/mol. The molecule has 0 spiro atoms. The highest BCUT2D eigenvalue weighted by Crippen LogP contribution is 2.44. The summed E-state index contributed by atoms with van der Waals surface area (Å²) in [4.78, 5) is 22.5. The zero-order valence-corrected chi connectivity index (χ0v) is 19.4. The van der Waals surface area contributed by atoms with Crippen molar-refractivity contribution in [2.45, 2.75) is 46.1 Å². The van der Waals surface area contributed by atoms with E-state index in [1.54, 1.807) is 0 Å². The van der Waals surface area contributed by atoms with E-state index in [0.29, 0.717) is 18.3 Å². The Morgan fingerprint density at radius 3 is 2.97 bits per heavy atom. The Morgan fingerprint density at radius 2 is 2.25 bits per heavy atom. The van der Waals surface area contributed by atoms with Crippen LogP contribution in [0.25, 0.3) is 21.8 Å². The van der Waals surface area contributed by atoms with Gasteiger partial charge in [-0.05, 0) is 52.2 Å². The number of pyridine rings is 1. The van der Waals surface area contributed by atoms with E-state index in [0.717, 1.165) is 59.1 Å². The Bertz CT molecular complexity index is 1130. The number of thiazole rings is 1. The van der Waals surface area contributed by atoms with Gasteiger partial charge in [0.25, 0.3) is 0 Å². The number of carbonyl (C=O) groups excluding carboxylic acids is 1. The minimum atomic E-state index is -0.466. The third kappa shape index (κ3) is 4.02. The summed E-state index contributed by atoms with van der Waals surface area (Å²) in [6.07, 6.45) is 4.02. The number of aryl methyl sites for hydroxylation is 2. The molecule has 1 amide bonds. The molecule has 3 aromatic rings. The summed E-state index contributed by atoms with van der Waals surface area (Å²) < 4.78 is 12.8. The van der Waals surface area contributed by atoms with Crippen molar-refractivity contribution in [2.24, 2.45) is 5.92 Å². The summed E-state index contributed by atoms with van der Waals surface area (Å²) in [7, 11) is 0. The molecule has 1 saturated heterocycles. The number of ether oxygens (including phenoxy) is 2. The number of fused-ring (bicyclic) bond motifs is 3. The van der Waals surface area contributed by atoms with Crippen LogP contribution in [0.15, 0.2) is 18.3 Å². The van der Waals surface area contributed by atoms with Gasteiger partial charge in [0.15, 0.2) is 5.13 Å². The number of hydrogen-bond donors (Lipinski definition) is 1. The van der Waals surface area contributed by atoms with E-state index in [1.807, 2.05) is 19.2 Å². The quantitative estimate of drug-likeness (QED) is 0.605. The maximum atomic E-state index is 12.3. The second-order valence-corrected chi connectivity index (χ2v) is 9.65. The molecular formula is C23H27N5O3S. The molecule has 0 radical (unpaired) electrons. The van der Waals surface area contributed by atoms with Crippen molar-refractivity contribution < 1.29 is 14.3 Å². The van der Waals surface area contributed by atoms with Gasteiger partial charge >= 0.3 is 6.09 Å². The van der Waals surface area contributed by atoms with Gasteiger partial charge < -0.3 is 9.47 Å². The molecule has 168 valence electrons. The predicted octanol–water partition coefficient (Wildman–Crippen LogP) is 4.64. The van der Waals surface area contributed by atoms with Crippen molar-refractivity contribution in [2.75, 3.05) is 25.1 Å². The minimum Gasteiger partial charge on any atom is -0.449 e. The van der Waals surface area contributed by atoms with Crippen LogP contribution in [0.1, 0.15) is 43.3 Å². The number of anilines is 1. The molecule has 9 heteroatoms. The van der Waals surface area contributed by atoms with E-state index in [2.05, 4.69) is 34.9 Å². The van der Waals surface area contributed by atoms with Gasteiger partial charge in [-0.25, -0.2) is 9.78 Å². The molecule has 1 atom stereocenters. The number of nitrogens with zero attached hydrogens (tertiary/aromatic N) is 4. The number of nitrogens with one attached hydrogen (secondary N) is 1. The molecule has 0 bridgehead atoms. The second kappa shape index (κ2) is 8.63. The van der Waals surface area contributed by atoms with Crippen molar-refractivity contribution >= 4 is 22.6 Å². The van der Waals surface area contributed by atoms with E-state index in [9.17, 15) is 4.79 Å². The summed E-state index contributed by atoms with van der Waals surface area (Å²) in [5.74, 6) is 0.280. The largest absolute Gasteiger partial charge is 0.449 e. The maximum absolute atomic E-state index is 12.3. The third-order valence-corrected chi connectivity index (χ3v) is 6.91. The van der Waals surface area contributed by atoms with E-state index >= 15 is 0 Å². The fraction of sp³-hybridized carbons (Fsp3) is 0.478. The van der Waals surface area contributed by atoms with Crippen molar-refractivity contribution in [3.8, 4) is 21.8 Å². The van der Waals surface area contributed by atoms with Crippen LogP contribution in [0.4, 0.5) is 9.93 Å². The van der Waals surface area contributed by atoms with Crippen LogP contribution in [-0.2, 0) is 22.3 Å². The summed E-state index contributed by atoms with van der Waals surface area (Å²) >= 11 is 1.48. The molecule has 1 fully saturated rings. The fourth-order valence-electron chi connectivity index (χ4n) is 4.19. The topological polar surface area (TPSA) is 91.2 Å². The van der Waals surface area contributed by atoms with Gasteiger partial charge in [0.2, 0.25) is 0 Å². The summed E-state index contributed by atoms with van der Waals surface area (Å²) in [6, 6.07) is 4.29. The molecule has 5 rings (SSSR count). The summed E-state index contributed by atoms with van der Waals surface area (Å²) in [6.45, 7) is 8.00. The van der Waals surface area contributed by atoms with Gasteiger partial charge in [0.05, 0.1) is 35.2 Å². The first-order valence-corrected chi connectivity index (χ1v) is 11.9. The number of hydrogen-bond acceptors (Lipinski definition) is 7. The molecule has 3 aromatic heterocycles. The minimum absolute atomic E-state index is 0.193. The number of amides is 1. The van der Waals surface area contributed by atoms with Crippen LogP contribution in [-0.4, -0.2) is 45.7 Å². The number of carbonyl (C=O) groups is 1. The predicted molar refractivity (Wildman–Crippen MR) is 123 cm³/mol. The lowest BCUT2D eigenvalue weighted by molar-refractivity contribution is 0.127. The standard InChI is InChI=1S/C23H27N5O3S/c1-13(2)28-20-17(19(27-28)16-5-4-14(3)24-10-16)6-7-18-21(20)32-22(25-18)26-23(29)31-12-15-8-9-30-11-15/h4-5,10,13,15H,6-9,11-12H2,1-3H3,(H,25,26,29). The second-order valence-electron chi connectivity index (χ2n) is 8.65. The molecule has 1 aliphatic carbocycles. The monoisotopic (exact) mass is 453 g/mol. The van der Waals surface area contributed by atoms with E-state index in [4.69, 9.17) is 19.6 Å². The van der Waals surface area contributed by atoms with E-state index < -0.39 is 6.09 Å². The number of aromatic nitrogens is 4. The lowest BCUT2D eigenvalue weighted by Gasteiger charge is -2.15. The molecule has 8 nitrogen and oxygen atoms in total. The Hall–Kier alpha value is -2.78. The molecule has 0 aromatic carbocycles. The van der Waals surface area contributed by atoms with Gasteiger partial charge in [0.1, 0.15) is 0 Å². The molecule has 0 saturated carbocycles. The first-order valence-electron chi connectivity index (χ1n) is 11.1. The van der Waals surface area contributed by atoms with Crippen molar-refractivity contribution in [1.29, 1.82) is 0 Å². The maximum Gasteiger partial charge on any atom is 0.413 e. The van der Waals surface area contributed by atoms with Crippen molar-refractivity contribution in [3.63, 3.8) is 0 Å². The highest BCUT2D eigenvalue weighted by Gasteiger charge is 2.30. The highest BCUT2D eigenvalue weighted by atomic mass is 32.1. The Morgan fingerprint density at radius 1 is 1.38 bits per heavy atom. The Labute approximate surface area is 191 Å². The first kappa shape index (κ1) is 21.1. The molecule has 1 N–H and O–H groups in total. The van der Waals surface area contributed by atoms with Gasteiger partial charge in [-0.15, -0.1) is 0 Å². The SMILES string of the molecule is Cc1ccc(-c2nn(C(C)C)c3c2CCc2nc(NC(=O)OCC4CCOC4)sc2-3)cn1. The molecule has 4 heterocycles. The lowest BCUT2D eigenvalue weighted by atomic mass is 9.95.